The van der Waals surface area contributed by atoms with Crippen LogP contribution in [0.25, 0.3) is 0 Å². The largest absolute Gasteiger partial charge is 0.416 e. The number of alkyl halides is 3. The van der Waals surface area contributed by atoms with Crippen LogP contribution >= 0.6 is 11.6 Å². The van der Waals surface area contributed by atoms with E-state index in [1.54, 1.807) is 0 Å². The van der Waals surface area contributed by atoms with Crippen molar-refractivity contribution in [2.75, 3.05) is 6.54 Å². The first kappa shape index (κ1) is 13.7. The Bertz CT molecular complexity index is 468. The zero-order valence-corrected chi connectivity index (χ0v) is 10.9. The van der Waals surface area contributed by atoms with Crippen LogP contribution in [0.15, 0.2) is 18.2 Å². The molecule has 0 radical (unpaired) electrons. The molecule has 5 heteroatoms. The van der Waals surface area contributed by atoms with Crippen LogP contribution in [0.2, 0.25) is 5.02 Å². The fourth-order valence-electron chi connectivity index (χ4n) is 2.86. The number of nitrogens with two attached hydrogens (primary N) is 1. The van der Waals surface area contributed by atoms with Gasteiger partial charge in [0.1, 0.15) is 0 Å². The minimum Gasteiger partial charge on any atom is -0.330 e. The van der Waals surface area contributed by atoms with Crippen molar-refractivity contribution < 1.29 is 13.2 Å². The van der Waals surface area contributed by atoms with Gasteiger partial charge in [-0.2, -0.15) is 13.2 Å². The topological polar surface area (TPSA) is 26.0 Å². The first-order chi connectivity index (χ1) is 8.21. The van der Waals surface area contributed by atoms with Gasteiger partial charge in [-0.25, -0.2) is 0 Å². The number of halogens is 4. The van der Waals surface area contributed by atoms with Gasteiger partial charge in [0.25, 0.3) is 0 Å². The van der Waals surface area contributed by atoms with Gasteiger partial charge in [-0.3, -0.25) is 0 Å². The molecule has 1 saturated carbocycles. The van der Waals surface area contributed by atoms with Crippen LogP contribution in [0.3, 0.4) is 0 Å². The van der Waals surface area contributed by atoms with Crippen molar-refractivity contribution in [2.24, 2.45) is 17.1 Å². The van der Waals surface area contributed by atoms with Crippen LogP contribution in [-0.4, -0.2) is 6.54 Å². The molecule has 0 saturated heterocycles. The second-order valence-corrected chi connectivity index (χ2v) is 5.75. The van der Waals surface area contributed by atoms with E-state index in [4.69, 9.17) is 17.3 Å². The summed E-state index contributed by atoms with van der Waals surface area (Å²) in [5, 5.41) is 0.179. The third-order valence-corrected chi connectivity index (χ3v) is 4.30. The van der Waals surface area contributed by atoms with Gasteiger partial charge in [-0.05, 0) is 41.5 Å². The quantitative estimate of drug-likeness (QED) is 0.867. The molecule has 0 aromatic heterocycles. The second kappa shape index (κ2) is 4.14. The van der Waals surface area contributed by atoms with E-state index >= 15 is 0 Å². The van der Waals surface area contributed by atoms with E-state index in [1.165, 1.54) is 12.1 Å². The van der Waals surface area contributed by atoms with Crippen LogP contribution in [0.1, 0.15) is 30.9 Å². The van der Waals surface area contributed by atoms with Crippen LogP contribution in [0, 0.1) is 11.3 Å². The van der Waals surface area contributed by atoms with Gasteiger partial charge in [0.15, 0.2) is 0 Å². The first-order valence-corrected chi connectivity index (χ1v) is 6.14. The highest BCUT2D eigenvalue weighted by molar-refractivity contribution is 6.31. The normalized spacial score (nSPS) is 26.2. The van der Waals surface area contributed by atoms with Gasteiger partial charge in [0, 0.05) is 5.02 Å². The molecule has 1 fully saturated rings. The summed E-state index contributed by atoms with van der Waals surface area (Å²) in [6.07, 6.45) is -4.38. The Morgan fingerprint density at radius 2 is 1.94 bits per heavy atom. The molecule has 0 heterocycles. The third kappa shape index (κ3) is 2.01. The fourth-order valence-corrected chi connectivity index (χ4v) is 3.15. The molecule has 0 unspecified atom stereocenters. The highest BCUT2D eigenvalue weighted by Crippen LogP contribution is 2.66. The molecule has 0 amide bonds. The van der Waals surface area contributed by atoms with E-state index in [9.17, 15) is 13.2 Å². The molecule has 1 aromatic carbocycles. The molecule has 2 atom stereocenters. The van der Waals surface area contributed by atoms with Crippen molar-refractivity contribution in [1.82, 2.24) is 0 Å². The van der Waals surface area contributed by atoms with E-state index in [2.05, 4.69) is 0 Å². The molecule has 1 aliphatic carbocycles. The molecule has 1 aromatic rings. The molecule has 2 rings (SSSR count). The molecule has 0 bridgehead atoms. The summed E-state index contributed by atoms with van der Waals surface area (Å²) in [5.74, 6) is -0.161. The van der Waals surface area contributed by atoms with Crippen molar-refractivity contribution in [3.8, 4) is 0 Å². The highest BCUT2D eigenvalue weighted by Gasteiger charge is 2.59. The molecule has 100 valence electrons. The summed E-state index contributed by atoms with van der Waals surface area (Å²) in [5.41, 5.74) is 4.97. The molecule has 18 heavy (non-hydrogen) atoms. The molecular weight excluding hydrogens is 263 g/mol. The standard InChI is InChI=1S/C13H15ClF3N/c1-12(2)8(6-18)11(12)10-7(13(15,16)17)4-3-5-9(10)14/h3-5,8,11H,6,18H2,1-2H3/t8-,11+/m0/s1. The van der Waals surface area contributed by atoms with E-state index in [1.807, 2.05) is 13.8 Å². The minimum absolute atomic E-state index is 0.0542. The van der Waals surface area contributed by atoms with Crippen LogP contribution in [-0.2, 0) is 6.18 Å². The lowest BCUT2D eigenvalue weighted by Gasteiger charge is -2.15. The van der Waals surface area contributed by atoms with Crippen molar-refractivity contribution in [3.05, 3.63) is 34.3 Å². The minimum atomic E-state index is -4.38. The molecule has 0 spiro atoms. The zero-order valence-electron chi connectivity index (χ0n) is 10.2. The maximum absolute atomic E-state index is 13.0. The summed E-state index contributed by atoms with van der Waals surface area (Å²) in [7, 11) is 0. The predicted molar refractivity (Wildman–Crippen MR) is 65.5 cm³/mol. The molecule has 0 aliphatic heterocycles. The molecular formula is C13H15ClF3N. The number of benzene rings is 1. The highest BCUT2D eigenvalue weighted by atomic mass is 35.5. The van der Waals surface area contributed by atoms with E-state index in [0.717, 1.165) is 6.07 Å². The van der Waals surface area contributed by atoms with Crippen molar-refractivity contribution >= 4 is 11.6 Å². The lowest BCUT2D eigenvalue weighted by atomic mass is 9.97. The number of rotatable bonds is 2. The van der Waals surface area contributed by atoms with Gasteiger partial charge in [0.05, 0.1) is 5.56 Å². The van der Waals surface area contributed by atoms with Gasteiger partial charge < -0.3 is 5.73 Å². The summed E-state index contributed by atoms with van der Waals surface area (Å²) < 4.78 is 39.0. The Morgan fingerprint density at radius 3 is 2.39 bits per heavy atom. The van der Waals surface area contributed by atoms with E-state index in [-0.39, 0.29) is 27.8 Å². The summed E-state index contributed by atoms with van der Waals surface area (Å²) >= 11 is 5.98. The van der Waals surface area contributed by atoms with Gasteiger partial charge in [-0.1, -0.05) is 31.5 Å². The first-order valence-electron chi connectivity index (χ1n) is 5.77. The monoisotopic (exact) mass is 277 g/mol. The van der Waals surface area contributed by atoms with Gasteiger partial charge in [0.2, 0.25) is 0 Å². The van der Waals surface area contributed by atoms with Crippen LogP contribution in [0.4, 0.5) is 13.2 Å². The smallest absolute Gasteiger partial charge is 0.330 e. The third-order valence-electron chi connectivity index (χ3n) is 3.97. The van der Waals surface area contributed by atoms with Crippen molar-refractivity contribution in [3.63, 3.8) is 0 Å². The SMILES string of the molecule is CC1(C)[C@@H](CN)[C@@H]1c1c(Cl)cccc1C(F)(F)F. The van der Waals surface area contributed by atoms with Crippen LogP contribution in [0.5, 0.6) is 0 Å². The summed E-state index contributed by atoms with van der Waals surface area (Å²) in [6, 6.07) is 3.93. The summed E-state index contributed by atoms with van der Waals surface area (Å²) in [6.45, 7) is 4.23. The number of hydrogen-bond donors (Lipinski definition) is 1. The number of hydrogen-bond acceptors (Lipinski definition) is 1. The Kier molecular flexibility index (Phi) is 3.14. The van der Waals surface area contributed by atoms with Crippen molar-refractivity contribution in [1.29, 1.82) is 0 Å². The molecule has 1 nitrogen and oxygen atoms in total. The average molecular weight is 278 g/mol. The van der Waals surface area contributed by atoms with E-state index in [0.29, 0.717) is 6.54 Å². The molecule has 1 aliphatic rings. The lowest BCUT2D eigenvalue weighted by molar-refractivity contribution is -0.138. The maximum Gasteiger partial charge on any atom is 0.416 e. The lowest BCUT2D eigenvalue weighted by Crippen LogP contribution is -2.10. The van der Waals surface area contributed by atoms with Crippen molar-refractivity contribution in [2.45, 2.75) is 25.9 Å². The van der Waals surface area contributed by atoms with E-state index < -0.39 is 11.7 Å². The maximum atomic E-state index is 13.0. The Labute approximate surface area is 109 Å². The van der Waals surface area contributed by atoms with Gasteiger partial charge >= 0.3 is 6.18 Å². The second-order valence-electron chi connectivity index (χ2n) is 5.34. The predicted octanol–water partition coefficient (Wildman–Crippen LogP) is 4.06. The fraction of sp³-hybridized carbons (Fsp3) is 0.538. The zero-order chi connectivity index (χ0) is 13.7. The van der Waals surface area contributed by atoms with Gasteiger partial charge in [-0.15, -0.1) is 0 Å². The summed E-state index contributed by atoms with van der Waals surface area (Å²) in [4.78, 5) is 0. The Hall–Kier alpha value is -0.740. The Balaban J connectivity index is 2.52. The molecule has 2 N–H and O–H groups in total. The van der Waals surface area contributed by atoms with Crippen LogP contribution < -0.4 is 5.73 Å². The Morgan fingerprint density at radius 1 is 1.33 bits per heavy atom. The average Bonchev–Trinajstić information content (AvgIpc) is 2.78.